The predicted molar refractivity (Wildman–Crippen MR) is 84.2 cm³/mol. The van der Waals surface area contributed by atoms with E-state index in [9.17, 15) is 0 Å². The number of hydrogen-bond donors (Lipinski definition) is 0. The highest BCUT2D eigenvalue weighted by molar-refractivity contribution is 9.26. The van der Waals surface area contributed by atoms with E-state index in [-0.39, 0.29) is 0 Å². The van der Waals surface area contributed by atoms with Gasteiger partial charge in [0.25, 0.3) is 10.4 Å². The SMILES string of the molecule is c1ccsc1.c1coc(SSSSc2ncco2)n1. The fraction of sp³-hybridized carbons (Fsp3) is 0. The summed E-state index contributed by atoms with van der Waals surface area (Å²) >= 11 is 1.71. The molecule has 4 nitrogen and oxygen atoms in total. The molecule has 0 radical (unpaired) electrons. The van der Waals surface area contributed by atoms with Crippen LogP contribution in [-0.4, -0.2) is 9.97 Å². The van der Waals surface area contributed by atoms with Crippen molar-refractivity contribution in [3.8, 4) is 0 Å². The molecule has 0 atom stereocenters. The minimum absolute atomic E-state index is 0.649. The highest BCUT2D eigenvalue weighted by Crippen LogP contribution is 2.48. The minimum atomic E-state index is 0.649. The largest absolute Gasteiger partial charge is 0.439 e. The summed E-state index contributed by atoms with van der Waals surface area (Å²) in [6, 6.07) is 4.04. The van der Waals surface area contributed by atoms with Gasteiger partial charge in [-0.1, -0.05) is 12.1 Å². The summed E-state index contributed by atoms with van der Waals surface area (Å²) in [6.45, 7) is 0. The molecule has 0 N–H and O–H groups in total. The molecule has 0 fully saturated rings. The normalized spacial score (nSPS) is 9.89. The van der Waals surface area contributed by atoms with Gasteiger partial charge in [0.15, 0.2) is 0 Å². The van der Waals surface area contributed by atoms with Gasteiger partial charge in [0, 0.05) is 21.6 Å². The van der Waals surface area contributed by atoms with E-state index in [1.807, 2.05) is 22.9 Å². The van der Waals surface area contributed by atoms with Crippen molar-refractivity contribution < 1.29 is 8.83 Å². The predicted octanol–water partition coefficient (Wildman–Crippen LogP) is 5.51. The number of nitrogens with zero attached hydrogens (tertiary/aromatic N) is 2. The maximum absolute atomic E-state index is 5.04. The minimum Gasteiger partial charge on any atom is -0.439 e. The molecule has 100 valence electrons. The van der Waals surface area contributed by atoms with Crippen molar-refractivity contribution in [1.29, 1.82) is 0 Å². The van der Waals surface area contributed by atoms with Crippen LogP contribution in [-0.2, 0) is 0 Å². The maximum Gasteiger partial charge on any atom is 0.267 e. The van der Waals surface area contributed by atoms with Gasteiger partial charge in [-0.2, -0.15) is 11.3 Å². The monoisotopic (exact) mass is 348 g/mol. The molecule has 0 aromatic carbocycles. The van der Waals surface area contributed by atoms with Crippen molar-refractivity contribution in [2.45, 2.75) is 10.4 Å². The highest BCUT2D eigenvalue weighted by atomic mass is 33.7. The zero-order chi connectivity index (χ0) is 13.2. The molecule has 0 amide bonds. The second kappa shape index (κ2) is 9.43. The fourth-order valence-corrected chi connectivity index (χ4v) is 5.90. The van der Waals surface area contributed by atoms with Crippen LogP contribution in [0.5, 0.6) is 0 Å². The maximum atomic E-state index is 5.04. The lowest BCUT2D eigenvalue weighted by Crippen LogP contribution is -1.61. The number of oxazole rings is 2. The Morgan fingerprint density at radius 3 is 1.68 bits per heavy atom. The summed E-state index contributed by atoms with van der Waals surface area (Å²) in [5.41, 5.74) is 0. The Bertz CT molecular complexity index is 459. The van der Waals surface area contributed by atoms with Crippen LogP contribution in [0.15, 0.2) is 67.1 Å². The molecule has 3 heterocycles. The Morgan fingerprint density at radius 1 is 0.842 bits per heavy atom. The molecule has 0 saturated carbocycles. The third-order valence-electron chi connectivity index (χ3n) is 1.48. The summed E-state index contributed by atoms with van der Waals surface area (Å²) < 4.78 is 10.1. The van der Waals surface area contributed by atoms with Gasteiger partial charge >= 0.3 is 0 Å². The molecular weight excluding hydrogens is 340 g/mol. The molecule has 3 rings (SSSR count). The van der Waals surface area contributed by atoms with Crippen LogP contribution < -0.4 is 0 Å². The summed E-state index contributed by atoms with van der Waals surface area (Å²) in [6.07, 6.45) is 6.34. The molecule has 0 aliphatic heterocycles. The molecule has 0 aliphatic carbocycles. The van der Waals surface area contributed by atoms with Crippen molar-refractivity contribution in [2.75, 3.05) is 0 Å². The topological polar surface area (TPSA) is 52.1 Å². The van der Waals surface area contributed by atoms with Gasteiger partial charge in [0.1, 0.15) is 12.5 Å². The smallest absolute Gasteiger partial charge is 0.267 e. The van der Waals surface area contributed by atoms with Crippen LogP contribution in [0.25, 0.3) is 0 Å². The van der Waals surface area contributed by atoms with E-state index in [1.165, 1.54) is 21.6 Å². The average Bonchev–Trinajstić information content (AvgIpc) is 3.18. The van der Waals surface area contributed by atoms with Gasteiger partial charge in [0.05, 0.1) is 12.4 Å². The Balaban J connectivity index is 0.000000224. The summed E-state index contributed by atoms with van der Waals surface area (Å²) in [4.78, 5) is 7.93. The first-order chi connectivity index (χ1) is 9.45. The van der Waals surface area contributed by atoms with Crippen LogP contribution in [0.4, 0.5) is 0 Å². The Hall–Kier alpha value is -0.480. The number of thiophene rings is 1. The van der Waals surface area contributed by atoms with E-state index in [0.717, 1.165) is 0 Å². The van der Waals surface area contributed by atoms with Crippen molar-refractivity contribution in [2.24, 2.45) is 0 Å². The highest BCUT2D eigenvalue weighted by Gasteiger charge is 2.02. The van der Waals surface area contributed by atoms with Gasteiger partial charge in [-0.15, -0.1) is 0 Å². The van der Waals surface area contributed by atoms with Gasteiger partial charge in [-0.25, -0.2) is 9.97 Å². The van der Waals surface area contributed by atoms with E-state index in [0.29, 0.717) is 10.4 Å². The van der Waals surface area contributed by atoms with Crippen LogP contribution in [0.2, 0.25) is 0 Å². The van der Waals surface area contributed by atoms with Crippen LogP contribution in [0.3, 0.4) is 0 Å². The van der Waals surface area contributed by atoms with Gasteiger partial charge in [0.2, 0.25) is 0 Å². The lowest BCUT2D eigenvalue weighted by Gasteiger charge is -1.92. The Kier molecular flexibility index (Phi) is 7.40. The molecule has 19 heavy (non-hydrogen) atoms. The molecule has 3 aromatic rings. The Morgan fingerprint density at radius 2 is 1.37 bits per heavy atom. The van der Waals surface area contributed by atoms with Crippen molar-refractivity contribution in [1.82, 2.24) is 9.97 Å². The molecule has 0 unspecified atom stereocenters. The molecule has 0 spiro atoms. The standard InChI is InChI=1S/C6H4N2O2S4.C4H4S/c1-3-9-5(7-1)11-13-14-12-6-8-2-4-10-6;1-2-4-5-3-1/h1-4H;1-4H. The zero-order valence-corrected chi connectivity index (χ0v) is 13.5. The fourth-order valence-electron chi connectivity index (χ4n) is 0.816. The second-order valence-corrected chi connectivity index (χ2v) is 9.08. The van der Waals surface area contributed by atoms with Gasteiger partial charge in [-0.3, -0.25) is 0 Å². The second-order valence-electron chi connectivity index (χ2n) is 2.69. The number of aromatic nitrogens is 2. The van der Waals surface area contributed by atoms with Crippen LogP contribution >= 0.6 is 52.6 Å². The number of hydrogen-bond acceptors (Lipinski definition) is 9. The zero-order valence-electron chi connectivity index (χ0n) is 9.37. The van der Waals surface area contributed by atoms with Crippen molar-refractivity contribution in [3.05, 3.63) is 47.8 Å². The lowest BCUT2D eigenvalue weighted by molar-refractivity contribution is 0.455. The molecule has 0 saturated heterocycles. The van der Waals surface area contributed by atoms with E-state index in [1.54, 1.807) is 55.9 Å². The molecule has 0 aliphatic rings. The summed E-state index contributed by atoms with van der Waals surface area (Å²) in [5.74, 6) is 0. The van der Waals surface area contributed by atoms with E-state index in [2.05, 4.69) is 9.97 Å². The third-order valence-corrected chi connectivity index (χ3v) is 7.65. The molecular formula is C10H8N2O2S5. The summed E-state index contributed by atoms with van der Waals surface area (Å²) in [7, 11) is 6.02. The van der Waals surface area contributed by atoms with E-state index in [4.69, 9.17) is 8.83 Å². The van der Waals surface area contributed by atoms with Crippen molar-refractivity contribution in [3.63, 3.8) is 0 Å². The molecule has 9 heteroatoms. The van der Waals surface area contributed by atoms with Gasteiger partial charge < -0.3 is 8.83 Å². The van der Waals surface area contributed by atoms with E-state index >= 15 is 0 Å². The van der Waals surface area contributed by atoms with Crippen LogP contribution in [0, 0.1) is 0 Å². The van der Waals surface area contributed by atoms with Crippen molar-refractivity contribution >= 4 is 52.6 Å². The summed E-state index contributed by atoms with van der Waals surface area (Å²) in [5, 5.41) is 5.38. The third kappa shape index (κ3) is 6.48. The van der Waals surface area contributed by atoms with Gasteiger partial charge in [-0.05, 0) is 30.4 Å². The molecule has 0 bridgehead atoms. The van der Waals surface area contributed by atoms with Crippen LogP contribution in [0.1, 0.15) is 0 Å². The Labute approximate surface area is 129 Å². The average molecular weight is 349 g/mol. The number of rotatable bonds is 5. The lowest BCUT2D eigenvalue weighted by atomic mass is 10.7. The first-order valence-corrected chi connectivity index (χ1v) is 10.6. The first-order valence-electron chi connectivity index (χ1n) is 4.89. The quantitative estimate of drug-likeness (QED) is 0.442. The van der Waals surface area contributed by atoms with E-state index < -0.39 is 0 Å². The first kappa shape index (κ1) is 14.9. The molecule has 3 aromatic heterocycles.